The third kappa shape index (κ3) is 3.32. The van der Waals surface area contributed by atoms with Crippen molar-refractivity contribution in [3.8, 4) is 12.3 Å². The Kier molecular flexibility index (Phi) is 4.89. The Labute approximate surface area is 130 Å². The van der Waals surface area contributed by atoms with Crippen LogP contribution < -0.4 is 5.48 Å². The summed E-state index contributed by atoms with van der Waals surface area (Å²) in [5.41, 5.74) is 2.34. The van der Waals surface area contributed by atoms with E-state index in [0.29, 0.717) is 18.4 Å². The highest BCUT2D eigenvalue weighted by atomic mass is 32.2. The summed E-state index contributed by atoms with van der Waals surface area (Å²) in [6, 6.07) is 6.58. The summed E-state index contributed by atoms with van der Waals surface area (Å²) in [6.07, 6.45) is 9.38. The van der Waals surface area contributed by atoms with Gasteiger partial charge in [-0.3, -0.25) is 9.63 Å². The molecule has 1 amide bonds. The molecule has 0 bridgehead atoms. The standard InChI is InChI=1S/C16H19NO4S/c1-3-11-21-17-15(18)16(9-4-5-10-16)13-7-6-8-14(12-13)22(2,19)20/h1,6-8,12H,4-5,9-11H2,2H3,(H,17,18). The molecule has 0 unspecified atom stereocenters. The molecule has 0 aromatic heterocycles. The lowest BCUT2D eigenvalue weighted by Gasteiger charge is -2.28. The van der Waals surface area contributed by atoms with Gasteiger partial charge >= 0.3 is 0 Å². The van der Waals surface area contributed by atoms with E-state index in [-0.39, 0.29) is 17.4 Å². The number of carbonyl (C=O) groups excluding carboxylic acids is 1. The van der Waals surface area contributed by atoms with Crippen LogP contribution in [0.1, 0.15) is 31.2 Å². The zero-order chi connectivity index (χ0) is 16.2. The van der Waals surface area contributed by atoms with Crippen molar-refractivity contribution in [3.05, 3.63) is 29.8 Å². The first kappa shape index (κ1) is 16.5. The number of hydrogen-bond acceptors (Lipinski definition) is 4. The van der Waals surface area contributed by atoms with Gasteiger partial charge in [-0.25, -0.2) is 13.9 Å². The highest BCUT2D eigenvalue weighted by Crippen LogP contribution is 2.41. The molecule has 22 heavy (non-hydrogen) atoms. The third-order valence-corrected chi connectivity index (χ3v) is 5.14. The van der Waals surface area contributed by atoms with E-state index < -0.39 is 15.3 Å². The first-order chi connectivity index (χ1) is 10.4. The topological polar surface area (TPSA) is 72.5 Å². The molecule has 0 aliphatic heterocycles. The molecule has 1 aliphatic rings. The van der Waals surface area contributed by atoms with E-state index in [1.54, 1.807) is 18.2 Å². The molecule has 1 aliphatic carbocycles. The molecule has 2 rings (SSSR count). The van der Waals surface area contributed by atoms with Crippen LogP contribution in [0.3, 0.4) is 0 Å². The summed E-state index contributed by atoms with van der Waals surface area (Å²) >= 11 is 0. The molecule has 1 saturated carbocycles. The Morgan fingerprint density at radius 2 is 2.09 bits per heavy atom. The van der Waals surface area contributed by atoms with Gasteiger partial charge in [0.15, 0.2) is 9.84 Å². The van der Waals surface area contributed by atoms with Gasteiger partial charge in [0.05, 0.1) is 10.3 Å². The van der Waals surface area contributed by atoms with Gasteiger partial charge in [-0.1, -0.05) is 30.9 Å². The number of hydroxylamine groups is 1. The summed E-state index contributed by atoms with van der Waals surface area (Å²) < 4.78 is 23.5. The average Bonchev–Trinajstić information content (AvgIpc) is 2.97. The van der Waals surface area contributed by atoms with Crippen LogP contribution in [0, 0.1) is 12.3 Å². The number of hydrogen-bond donors (Lipinski definition) is 1. The van der Waals surface area contributed by atoms with Gasteiger partial charge in [0.2, 0.25) is 0 Å². The Morgan fingerprint density at radius 3 is 2.68 bits per heavy atom. The SMILES string of the molecule is C#CCONC(=O)C1(c2cccc(S(C)(=O)=O)c2)CCCC1. The predicted molar refractivity (Wildman–Crippen MR) is 82.6 cm³/mol. The zero-order valence-corrected chi connectivity index (χ0v) is 13.3. The summed E-state index contributed by atoms with van der Waals surface area (Å²) in [5, 5.41) is 0. The van der Waals surface area contributed by atoms with Gasteiger partial charge in [-0.2, -0.15) is 0 Å². The molecule has 0 spiro atoms. The van der Waals surface area contributed by atoms with Crippen molar-refractivity contribution < 1.29 is 18.0 Å². The maximum Gasteiger partial charge on any atom is 0.254 e. The second kappa shape index (κ2) is 6.51. The molecule has 1 aromatic carbocycles. The first-order valence-corrected chi connectivity index (χ1v) is 8.95. The molecule has 1 fully saturated rings. The van der Waals surface area contributed by atoms with E-state index in [0.717, 1.165) is 19.1 Å². The lowest BCUT2D eigenvalue weighted by atomic mass is 9.78. The van der Waals surface area contributed by atoms with E-state index in [9.17, 15) is 13.2 Å². The van der Waals surface area contributed by atoms with Crippen LogP contribution in [0.15, 0.2) is 29.2 Å². The van der Waals surface area contributed by atoms with Gasteiger partial charge in [0, 0.05) is 6.26 Å². The predicted octanol–water partition coefficient (Wildman–Crippen LogP) is 1.58. The second-order valence-corrected chi connectivity index (χ2v) is 7.53. The summed E-state index contributed by atoms with van der Waals surface area (Å²) in [4.78, 5) is 17.7. The minimum Gasteiger partial charge on any atom is -0.272 e. The highest BCUT2D eigenvalue weighted by Gasteiger charge is 2.43. The number of terminal acetylenes is 1. The van der Waals surface area contributed by atoms with Crippen molar-refractivity contribution >= 4 is 15.7 Å². The first-order valence-electron chi connectivity index (χ1n) is 7.06. The fourth-order valence-corrected chi connectivity index (χ4v) is 3.56. The Bertz CT molecular complexity index is 697. The van der Waals surface area contributed by atoms with E-state index in [4.69, 9.17) is 11.3 Å². The largest absolute Gasteiger partial charge is 0.272 e. The molecule has 0 radical (unpaired) electrons. The van der Waals surface area contributed by atoms with Gasteiger partial charge in [0.25, 0.3) is 5.91 Å². The number of carbonyl (C=O) groups is 1. The molecule has 5 nitrogen and oxygen atoms in total. The smallest absolute Gasteiger partial charge is 0.254 e. The molecule has 6 heteroatoms. The van der Waals surface area contributed by atoms with E-state index in [1.165, 1.54) is 6.07 Å². The minimum absolute atomic E-state index is 0.00873. The Balaban J connectivity index is 2.36. The molecule has 0 heterocycles. The average molecular weight is 321 g/mol. The van der Waals surface area contributed by atoms with Crippen LogP contribution in [0.25, 0.3) is 0 Å². The quantitative estimate of drug-likeness (QED) is 0.508. The van der Waals surface area contributed by atoms with E-state index >= 15 is 0 Å². The lowest BCUT2D eigenvalue weighted by molar-refractivity contribution is -0.138. The van der Waals surface area contributed by atoms with E-state index in [1.807, 2.05) is 0 Å². The molecular formula is C16H19NO4S. The monoisotopic (exact) mass is 321 g/mol. The number of amides is 1. The Morgan fingerprint density at radius 1 is 1.41 bits per heavy atom. The van der Waals surface area contributed by atoms with Gasteiger partial charge in [-0.05, 0) is 30.5 Å². The molecule has 0 saturated heterocycles. The van der Waals surface area contributed by atoms with Crippen molar-refractivity contribution in [1.29, 1.82) is 0 Å². The molecule has 1 aromatic rings. The van der Waals surface area contributed by atoms with Crippen molar-refractivity contribution in [2.24, 2.45) is 0 Å². The molecule has 1 N–H and O–H groups in total. The van der Waals surface area contributed by atoms with Crippen LogP contribution in [0.2, 0.25) is 0 Å². The van der Waals surface area contributed by atoms with Gasteiger partial charge in [0.1, 0.15) is 6.61 Å². The summed E-state index contributed by atoms with van der Waals surface area (Å²) in [5.74, 6) is 2.01. The van der Waals surface area contributed by atoms with Crippen molar-refractivity contribution in [1.82, 2.24) is 5.48 Å². The van der Waals surface area contributed by atoms with Crippen LogP contribution in [-0.2, 0) is 24.9 Å². The van der Waals surface area contributed by atoms with Crippen molar-refractivity contribution in [2.45, 2.75) is 36.0 Å². The molecule has 0 atom stereocenters. The van der Waals surface area contributed by atoms with Crippen LogP contribution in [0.5, 0.6) is 0 Å². The summed E-state index contributed by atoms with van der Waals surface area (Å²) in [6.45, 7) is -0.00873. The molecule has 118 valence electrons. The zero-order valence-electron chi connectivity index (χ0n) is 12.5. The van der Waals surface area contributed by atoms with Crippen LogP contribution in [-0.4, -0.2) is 27.2 Å². The number of sulfone groups is 1. The van der Waals surface area contributed by atoms with Crippen molar-refractivity contribution in [2.75, 3.05) is 12.9 Å². The van der Waals surface area contributed by atoms with Gasteiger partial charge < -0.3 is 0 Å². The lowest BCUT2D eigenvalue weighted by Crippen LogP contribution is -2.42. The summed E-state index contributed by atoms with van der Waals surface area (Å²) in [7, 11) is -3.32. The van der Waals surface area contributed by atoms with E-state index in [2.05, 4.69) is 11.4 Å². The minimum atomic E-state index is -3.32. The molecular weight excluding hydrogens is 302 g/mol. The maximum atomic E-state index is 12.5. The third-order valence-electron chi connectivity index (χ3n) is 4.03. The van der Waals surface area contributed by atoms with Crippen LogP contribution >= 0.6 is 0 Å². The fourth-order valence-electron chi connectivity index (χ4n) is 2.89. The second-order valence-electron chi connectivity index (χ2n) is 5.51. The maximum absolute atomic E-state index is 12.5. The number of nitrogens with one attached hydrogen (secondary N) is 1. The highest BCUT2D eigenvalue weighted by molar-refractivity contribution is 7.90. The van der Waals surface area contributed by atoms with Gasteiger partial charge in [-0.15, -0.1) is 6.42 Å². The fraction of sp³-hybridized carbons (Fsp3) is 0.438. The van der Waals surface area contributed by atoms with Crippen LogP contribution in [0.4, 0.5) is 0 Å². The van der Waals surface area contributed by atoms with Crippen molar-refractivity contribution in [3.63, 3.8) is 0 Å². The number of rotatable bonds is 5. The Hall–Kier alpha value is -1.84. The number of benzene rings is 1. The normalized spacial score (nSPS) is 16.9.